The fourth-order valence-electron chi connectivity index (χ4n) is 4.37. The van der Waals surface area contributed by atoms with Crippen molar-refractivity contribution < 1.29 is 18.3 Å². The number of aliphatic hydroxyl groups is 1. The van der Waals surface area contributed by atoms with Crippen LogP contribution in [0, 0.1) is 5.92 Å². The van der Waals surface area contributed by atoms with Crippen LogP contribution in [-0.4, -0.2) is 59.5 Å². The van der Waals surface area contributed by atoms with Gasteiger partial charge in [0.2, 0.25) is 5.91 Å². The summed E-state index contributed by atoms with van der Waals surface area (Å²) in [6.45, 7) is 1.71. The number of β-amino-alcohol motifs (C(OH)–C–C–N with tert-alkyl or cyclic N) is 1. The van der Waals surface area contributed by atoms with E-state index in [2.05, 4.69) is 10.3 Å². The zero-order valence-corrected chi connectivity index (χ0v) is 18.9. The van der Waals surface area contributed by atoms with Crippen molar-refractivity contribution in [1.82, 2.24) is 14.6 Å². The Morgan fingerprint density at radius 3 is 2.63 bits per heavy atom. The first kappa shape index (κ1) is 25.0. The number of rotatable bonds is 6. The number of carbonyl (C=O) groups is 1. The Hall–Kier alpha value is -1.26. The van der Waals surface area contributed by atoms with E-state index in [0.717, 1.165) is 12.8 Å². The van der Waals surface area contributed by atoms with Crippen molar-refractivity contribution in [3.8, 4) is 0 Å². The molecule has 8 nitrogen and oxygen atoms in total. The third-order valence-corrected chi connectivity index (χ3v) is 8.05. The molecule has 1 aliphatic carbocycles. The zero-order chi connectivity index (χ0) is 21.0. The molecule has 0 aromatic carbocycles. The van der Waals surface area contributed by atoms with Crippen molar-refractivity contribution >= 4 is 28.3 Å². The third-order valence-electron chi connectivity index (χ3n) is 6.16. The van der Waals surface area contributed by atoms with E-state index < -0.39 is 28.2 Å². The molecular weight excluding hydrogens is 428 g/mol. The van der Waals surface area contributed by atoms with Crippen molar-refractivity contribution in [2.24, 2.45) is 11.7 Å². The Bertz CT molecular complexity index is 789. The molecule has 10 heteroatoms. The van der Waals surface area contributed by atoms with Gasteiger partial charge in [-0.2, -0.15) is 4.31 Å². The summed E-state index contributed by atoms with van der Waals surface area (Å²) in [6, 6.07) is 3.28. The third kappa shape index (κ3) is 5.91. The van der Waals surface area contributed by atoms with Gasteiger partial charge in [0.15, 0.2) is 5.03 Å². The highest BCUT2D eigenvalue weighted by molar-refractivity contribution is 7.89. The second kappa shape index (κ2) is 10.9. The number of nitrogens with two attached hydrogens (primary N) is 1. The SMILES string of the molecule is C[C@@H]1CC[C@H](NC(=O)[C@@H](N)CC2CCCC2)[C@@H](O)CN1S(=O)(=O)c1ccccn1.Cl. The molecule has 2 aliphatic rings. The molecule has 1 aliphatic heterocycles. The predicted molar refractivity (Wildman–Crippen MR) is 117 cm³/mol. The van der Waals surface area contributed by atoms with Gasteiger partial charge < -0.3 is 16.2 Å². The van der Waals surface area contributed by atoms with Crippen LogP contribution in [0.4, 0.5) is 0 Å². The molecule has 3 rings (SSSR count). The minimum Gasteiger partial charge on any atom is -0.390 e. The van der Waals surface area contributed by atoms with Crippen molar-refractivity contribution in [2.45, 2.75) is 81.1 Å². The van der Waals surface area contributed by atoms with Crippen LogP contribution >= 0.6 is 12.4 Å². The van der Waals surface area contributed by atoms with Crippen LogP contribution in [0.15, 0.2) is 29.4 Å². The number of nitrogens with one attached hydrogen (secondary N) is 1. The number of hydrogen-bond acceptors (Lipinski definition) is 6. The molecule has 170 valence electrons. The molecule has 0 spiro atoms. The van der Waals surface area contributed by atoms with Gasteiger partial charge in [-0.25, -0.2) is 13.4 Å². The Balaban J connectivity index is 0.00000320. The topological polar surface area (TPSA) is 126 Å². The molecule has 1 amide bonds. The molecule has 0 bridgehead atoms. The van der Waals surface area contributed by atoms with Crippen LogP contribution in [0.25, 0.3) is 0 Å². The van der Waals surface area contributed by atoms with E-state index in [0.29, 0.717) is 25.2 Å². The number of pyridine rings is 1. The van der Waals surface area contributed by atoms with Gasteiger partial charge in [0.05, 0.1) is 18.2 Å². The molecule has 1 aromatic rings. The van der Waals surface area contributed by atoms with Gasteiger partial charge in [0.1, 0.15) is 0 Å². The highest BCUT2D eigenvalue weighted by Crippen LogP contribution is 2.28. The standard InChI is InChI=1S/C20H32N4O4S.ClH/c1-14-9-10-17(23-20(26)16(21)12-15-6-2-3-7-15)18(25)13-24(14)29(27,28)19-8-4-5-11-22-19;/h4-5,8,11,14-18,25H,2-3,6-7,9-10,12-13,21H2,1H3,(H,23,26);1H/t14-,16+,17+,18+;/m1./s1. The van der Waals surface area contributed by atoms with Gasteiger partial charge >= 0.3 is 0 Å². The lowest BCUT2D eigenvalue weighted by Gasteiger charge is -2.28. The monoisotopic (exact) mass is 460 g/mol. The molecule has 0 radical (unpaired) electrons. The van der Waals surface area contributed by atoms with E-state index >= 15 is 0 Å². The lowest BCUT2D eigenvalue weighted by atomic mass is 9.97. The molecule has 2 fully saturated rings. The molecule has 2 heterocycles. The molecule has 1 saturated carbocycles. The van der Waals surface area contributed by atoms with Crippen LogP contribution in [-0.2, 0) is 14.8 Å². The summed E-state index contributed by atoms with van der Waals surface area (Å²) in [5, 5.41) is 13.5. The van der Waals surface area contributed by atoms with Crippen molar-refractivity contribution in [3.63, 3.8) is 0 Å². The van der Waals surface area contributed by atoms with E-state index in [9.17, 15) is 18.3 Å². The zero-order valence-electron chi connectivity index (χ0n) is 17.3. The lowest BCUT2D eigenvalue weighted by Crippen LogP contribution is -2.52. The number of halogens is 1. The molecule has 4 atom stereocenters. The highest BCUT2D eigenvalue weighted by Gasteiger charge is 2.38. The first-order valence-corrected chi connectivity index (χ1v) is 11.9. The fraction of sp³-hybridized carbons (Fsp3) is 0.700. The maximum absolute atomic E-state index is 13.0. The van der Waals surface area contributed by atoms with E-state index in [4.69, 9.17) is 5.73 Å². The van der Waals surface area contributed by atoms with Crippen molar-refractivity contribution in [1.29, 1.82) is 0 Å². The Kier molecular flexibility index (Phi) is 9.05. The van der Waals surface area contributed by atoms with Gasteiger partial charge in [-0.15, -0.1) is 12.4 Å². The number of nitrogens with zero attached hydrogens (tertiary/aromatic N) is 2. The molecule has 1 saturated heterocycles. The van der Waals surface area contributed by atoms with Gasteiger partial charge in [0, 0.05) is 18.8 Å². The second-order valence-electron chi connectivity index (χ2n) is 8.34. The molecule has 0 unspecified atom stereocenters. The number of sulfonamides is 1. The Labute approximate surface area is 185 Å². The number of hydrogen-bond donors (Lipinski definition) is 3. The minimum atomic E-state index is -3.83. The number of aliphatic hydroxyl groups excluding tert-OH is 1. The second-order valence-corrected chi connectivity index (χ2v) is 10.2. The summed E-state index contributed by atoms with van der Waals surface area (Å²) in [5.41, 5.74) is 6.09. The quantitative estimate of drug-likeness (QED) is 0.589. The van der Waals surface area contributed by atoms with Crippen LogP contribution in [0.3, 0.4) is 0 Å². The van der Waals surface area contributed by atoms with Gasteiger partial charge in [-0.05, 0) is 44.2 Å². The Morgan fingerprint density at radius 1 is 1.30 bits per heavy atom. The van der Waals surface area contributed by atoms with Gasteiger partial charge in [-0.1, -0.05) is 31.7 Å². The average molecular weight is 461 g/mol. The summed E-state index contributed by atoms with van der Waals surface area (Å²) in [5.74, 6) is 0.225. The van der Waals surface area contributed by atoms with Crippen LogP contribution < -0.4 is 11.1 Å². The first-order chi connectivity index (χ1) is 13.8. The maximum Gasteiger partial charge on any atom is 0.260 e. The smallest absolute Gasteiger partial charge is 0.260 e. The van der Waals surface area contributed by atoms with Crippen LogP contribution in [0.5, 0.6) is 0 Å². The molecule has 30 heavy (non-hydrogen) atoms. The molecular formula is C20H33ClN4O4S. The highest BCUT2D eigenvalue weighted by atomic mass is 35.5. The van der Waals surface area contributed by atoms with E-state index in [1.165, 1.54) is 29.4 Å². The lowest BCUT2D eigenvalue weighted by molar-refractivity contribution is -0.124. The van der Waals surface area contributed by atoms with Crippen molar-refractivity contribution in [2.75, 3.05) is 6.54 Å². The van der Waals surface area contributed by atoms with Crippen LogP contribution in [0.1, 0.15) is 51.9 Å². The first-order valence-electron chi connectivity index (χ1n) is 10.5. The fourth-order valence-corrected chi connectivity index (χ4v) is 5.99. The summed E-state index contributed by atoms with van der Waals surface area (Å²) in [6.07, 6.45) is 6.70. The predicted octanol–water partition coefficient (Wildman–Crippen LogP) is 1.43. The van der Waals surface area contributed by atoms with E-state index in [-0.39, 0.29) is 35.9 Å². The Morgan fingerprint density at radius 2 is 2.00 bits per heavy atom. The maximum atomic E-state index is 13.0. The number of aromatic nitrogens is 1. The largest absolute Gasteiger partial charge is 0.390 e. The van der Waals surface area contributed by atoms with E-state index in [1.54, 1.807) is 12.1 Å². The number of carbonyl (C=O) groups excluding carboxylic acids is 1. The van der Waals surface area contributed by atoms with Crippen molar-refractivity contribution in [3.05, 3.63) is 24.4 Å². The summed E-state index contributed by atoms with van der Waals surface area (Å²) in [7, 11) is -3.83. The minimum absolute atomic E-state index is 0. The van der Waals surface area contributed by atoms with Crippen LogP contribution in [0.2, 0.25) is 0 Å². The summed E-state index contributed by atoms with van der Waals surface area (Å²) in [4.78, 5) is 16.5. The average Bonchev–Trinajstić information content (AvgIpc) is 3.17. The van der Waals surface area contributed by atoms with Gasteiger partial charge in [-0.3, -0.25) is 4.79 Å². The summed E-state index contributed by atoms with van der Waals surface area (Å²) >= 11 is 0. The number of amides is 1. The summed E-state index contributed by atoms with van der Waals surface area (Å²) < 4.78 is 27.2. The molecule has 4 N–H and O–H groups in total. The van der Waals surface area contributed by atoms with E-state index in [1.807, 2.05) is 6.92 Å². The van der Waals surface area contributed by atoms with Gasteiger partial charge in [0.25, 0.3) is 10.0 Å². The molecule has 1 aromatic heterocycles. The normalized spacial score (nSPS) is 27.1.